The van der Waals surface area contributed by atoms with Gasteiger partial charge in [-0.15, -0.1) is 23.7 Å². The summed E-state index contributed by atoms with van der Waals surface area (Å²) in [4.78, 5) is 17.3. The summed E-state index contributed by atoms with van der Waals surface area (Å²) in [5.41, 5.74) is 3.40. The number of anilines is 1. The highest BCUT2D eigenvalue weighted by molar-refractivity contribution is 7.17. The Bertz CT molecular complexity index is 1040. The molecular formula is C26H36ClN3O2S. The minimum Gasteiger partial charge on any atom is -0.494 e. The van der Waals surface area contributed by atoms with E-state index in [4.69, 9.17) is 4.74 Å². The van der Waals surface area contributed by atoms with Crippen LogP contribution in [0.15, 0.2) is 47.8 Å². The average Bonchev–Trinajstić information content (AvgIpc) is 3.23. The van der Waals surface area contributed by atoms with Crippen LogP contribution in [-0.4, -0.2) is 56.7 Å². The number of ether oxygens (including phenoxy) is 1. The molecule has 7 heteroatoms. The van der Waals surface area contributed by atoms with Crippen molar-refractivity contribution in [1.29, 1.82) is 0 Å². The lowest BCUT2D eigenvalue weighted by molar-refractivity contribution is 0.0952. The molecule has 0 spiro atoms. The van der Waals surface area contributed by atoms with E-state index in [1.807, 2.05) is 42.5 Å². The quantitative estimate of drug-likeness (QED) is 0.397. The van der Waals surface area contributed by atoms with E-state index in [1.54, 1.807) is 0 Å². The molecule has 0 saturated carbocycles. The van der Waals surface area contributed by atoms with E-state index in [0.717, 1.165) is 51.3 Å². The van der Waals surface area contributed by atoms with Crippen LogP contribution in [-0.2, 0) is 0 Å². The molecule has 1 aromatic heterocycles. The molecule has 0 radical (unpaired) electrons. The molecule has 1 aliphatic rings. The lowest BCUT2D eigenvalue weighted by atomic mass is 10.1. The van der Waals surface area contributed by atoms with E-state index in [0.29, 0.717) is 18.7 Å². The van der Waals surface area contributed by atoms with Crippen LogP contribution in [0.3, 0.4) is 0 Å². The third-order valence-corrected chi connectivity index (χ3v) is 6.97. The predicted molar refractivity (Wildman–Crippen MR) is 144 cm³/mol. The van der Waals surface area contributed by atoms with Crippen LogP contribution >= 0.6 is 23.7 Å². The van der Waals surface area contributed by atoms with Crippen molar-refractivity contribution >= 4 is 45.4 Å². The van der Waals surface area contributed by atoms with E-state index < -0.39 is 0 Å². The number of amides is 1. The summed E-state index contributed by atoms with van der Waals surface area (Å²) in [7, 11) is 0. The average molecular weight is 490 g/mol. The Morgan fingerprint density at radius 3 is 2.58 bits per heavy atom. The number of benzene rings is 2. The fourth-order valence-electron chi connectivity index (χ4n) is 4.21. The van der Waals surface area contributed by atoms with Crippen LogP contribution < -0.4 is 15.0 Å². The van der Waals surface area contributed by atoms with E-state index in [1.165, 1.54) is 21.3 Å². The van der Waals surface area contributed by atoms with Gasteiger partial charge >= 0.3 is 0 Å². The molecule has 0 aliphatic carbocycles. The Hall–Kier alpha value is -2.28. The summed E-state index contributed by atoms with van der Waals surface area (Å²) >= 11 is 1.85. The molecule has 0 bridgehead atoms. The second-order valence-electron chi connectivity index (χ2n) is 8.37. The maximum Gasteiger partial charge on any atom is 0.251 e. The highest BCUT2D eigenvalue weighted by Crippen LogP contribution is 2.34. The summed E-state index contributed by atoms with van der Waals surface area (Å²) < 4.78 is 6.81. The number of carbonyl (C=O) groups is 1. The number of nitrogens with zero attached hydrogens (tertiary/aromatic N) is 2. The second kappa shape index (κ2) is 12.3. The standard InChI is InChI=1S/C26H33N3O2S.ClH.H2/c1-3-31-22-9-7-21(8-10-22)26(30)27-12-4-5-13-28-14-16-29(17-15-28)24-19-32-25-18-20(2)6-11-23(24)25;;/h6-11,18-19H,3-5,12-17H2,1-2H3,(H,27,30);2*1H. The number of hydrogen-bond acceptors (Lipinski definition) is 5. The first kappa shape index (κ1) is 25.3. The second-order valence-corrected chi connectivity index (χ2v) is 9.28. The third kappa shape index (κ3) is 6.62. The molecule has 2 heterocycles. The van der Waals surface area contributed by atoms with Gasteiger partial charge in [-0.1, -0.05) is 12.1 Å². The number of unbranched alkanes of at least 4 members (excludes halogenated alkanes) is 1. The number of thiophene rings is 1. The van der Waals surface area contributed by atoms with Crippen molar-refractivity contribution < 1.29 is 11.0 Å². The zero-order valence-corrected chi connectivity index (χ0v) is 21.1. The van der Waals surface area contributed by atoms with E-state index in [2.05, 4.69) is 45.6 Å². The molecule has 1 fully saturated rings. The maximum absolute atomic E-state index is 12.3. The Morgan fingerprint density at radius 2 is 1.85 bits per heavy atom. The normalized spacial score (nSPS) is 14.2. The summed E-state index contributed by atoms with van der Waals surface area (Å²) in [6.45, 7) is 10.9. The summed E-state index contributed by atoms with van der Waals surface area (Å²) in [5.74, 6) is 0.784. The molecule has 0 atom stereocenters. The monoisotopic (exact) mass is 489 g/mol. The highest BCUT2D eigenvalue weighted by atomic mass is 35.5. The van der Waals surface area contributed by atoms with Crippen molar-refractivity contribution in [3.05, 3.63) is 59.0 Å². The third-order valence-electron chi connectivity index (χ3n) is 6.04. The van der Waals surface area contributed by atoms with Gasteiger partial charge in [-0.2, -0.15) is 0 Å². The van der Waals surface area contributed by atoms with Gasteiger partial charge < -0.3 is 15.0 Å². The van der Waals surface area contributed by atoms with Crippen molar-refractivity contribution in [2.24, 2.45) is 0 Å². The molecule has 33 heavy (non-hydrogen) atoms. The highest BCUT2D eigenvalue weighted by Gasteiger charge is 2.19. The summed E-state index contributed by atoms with van der Waals surface area (Å²) in [6, 6.07) is 14.1. The van der Waals surface area contributed by atoms with Gasteiger partial charge in [0.1, 0.15) is 5.75 Å². The van der Waals surface area contributed by atoms with Crippen LogP contribution in [0.4, 0.5) is 5.69 Å². The van der Waals surface area contributed by atoms with E-state index in [-0.39, 0.29) is 19.7 Å². The molecule has 1 aliphatic heterocycles. The molecule has 3 aromatic rings. The van der Waals surface area contributed by atoms with Crippen LogP contribution in [0.1, 0.15) is 37.1 Å². The minimum absolute atomic E-state index is 0. The lowest BCUT2D eigenvalue weighted by Crippen LogP contribution is -2.46. The number of nitrogens with one attached hydrogen (secondary N) is 1. The van der Waals surface area contributed by atoms with Crippen molar-refractivity contribution in [2.45, 2.75) is 26.7 Å². The number of halogens is 1. The number of fused-ring (bicyclic) bond motifs is 1. The first-order valence-electron chi connectivity index (χ1n) is 11.6. The first-order chi connectivity index (χ1) is 15.6. The molecular weight excluding hydrogens is 454 g/mol. The Labute approximate surface area is 208 Å². The van der Waals surface area contributed by atoms with E-state index >= 15 is 0 Å². The van der Waals surface area contributed by atoms with Gasteiger partial charge in [-0.25, -0.2) is 0 Å². The van der Waals surface area contributed by atoms with Crippen molar-refractivity contribution in [1.82, 2.24) is 10.2 Å². The summed E-state index contributed by atoms with van der Waals surface area (Å²) in [5, 5.41) is 6.73. The van der Waals surface area contributed by atoms with Gasteiger partial charge in [0.15, 0.2) is 0 Å². The maximum atomic E-state index is 12.3. The van der Waals surface area contributed by atoms with Gasteiger partial charge in [0.05, 0.1) is 12.3 Å². The fraction of sp³-hybridized carbons (Fsp3) is 0.423. The Kier molecular flexibility index (Phi) is 9.41. The molecule has 0 unspecified atom stereocenters. The van der Waals surface area contributed by atoms with Crippen LogP contribution in [0, 0.1) is 6.92 Å². The van der Waals surface area contributed by atoms with Gasteiger partial charge in [0.25, 0.3) is 5.91 Å². The zero-order valence-electron chi connectivity index (χ0n) is 19.5. The van der Waals surface area contributed by atoms with Gasteiger partial charge in [0, 0.05) is 55.2 Å². The lowest BCUT2D eigenvalue weighted by Gasteiger charge is -2.35. The molecule has 4 rings (SSSR count). The molecule has 1 N–H and O–H groups in total. The smallest absolute Gasteiger partial charge is 0.251 e. The van der Waals surface area contributed by atoms with Crippen LogP contribution in [0.5, 0.6) is 5.75 Å². The number of carbonyl (C=O) groups excluding carboxylic acids is 1. The molecule has 5 nitrogen and oxygen atoms in total. The fourth-order valence-corrected chi connectivity index (χ4v) is 5.28. The Balaban J connectivity index is 0.00000204. The van der Waals surface area contributed by atoms with Crippen LogP contribution in [0.2, 0.25) is 0 Å². The van der Waals surface area contributed by atoms with Crippen molar-refractivity contribution in [2.75, 3.05) is 50.8 Å². The van der Waals surface area contributed by atoms with E-state index in [9.17, 15) is 4.79 Å². The van der Waals surface area contributed by atoms with Crippen molar-refractivity contribution in [3.8, 4) is 5.75 Å². The van der Waals surface area contributed by atoms with Gasteiger partial charge in [-0.05, 0) is 69.1 Å². The SMILES string of the molecule is CCOc1ccc(C(=O)NCCCCN2CCN(c3csc4cc(C)ccc34)CC2)cc1.Cl.[HH]. The largest absolute Gasteiger partial charge is 0.494 e. The van der Waals surface area contributed by atoms with Crippen LogP contribution in [0.25, 0.3) is 10.1 Å². The zero-order chi connectivity index (χ0) is 22.3. The molecule has 2 aromatic carbocycles. The number of aryl methyl sites for hydroxylation is 1. The first-order valence-corrected chi connectivity index (χ1v) is 12.5. The number of rotatable bonds is 9. The molecule has 1 amide bonds. The number of piperazine rings is 1. The van der Waals surface area contributed by atoms with Crippen molar-refractivity contribution in [3.63, 3.8) is 0 Å². The molecule has 1 saturated heterocycles. The molecule has 180 valence electrons. The predicted octanol–water partition coefficient (Wildman–Crippen LogP) is 5.61. The summed E-state index contributed by atoms with van der Waals surface area (Å²) in [6.07, 6.45) is 2.10. The minimum atomic E-state index is -0.0140. The van der Waals surface area contributed by atoms with Gasteiger partial charge in [-0.3, -0.25) is 9.69 Å². The van der Waals surface area contributed by atoms with Gasteiger partial charge in [0.2, 0.25) is 0 Å². The topological polar surface area (TPSA) is 44.8 Å². The Morgan fingerprint density at radius 1 is 1.09 bits per heavy atom. The number of hydrogen-bond donors (Lipinski definition) is 1.